The number of benzene rings is 1. The van der Waals surface area contributed by atoms with Crippen LogP contribution in [0.3, 0.4) is 0 Å². The molecule has 0 radical (unpaired) electrons. The molecule has 20 heavy (non-hydrogen) atoms. The van der Waals surface area contributed by atoms with Crippen molar-refractivity contribution in [3.05, 3.63) is 53.3 Å². The van der Waals surface area contributed by atoms with Crippen molar-refractivity contribution >= 4 is 38.0 Å². The van der Waals surface area contributed by atoms with Gasteiger partial charge in [0.25, 0.3) is 0 Å². The molecule has 0 aliphatic heterocycles. The Morgan fingerprint density at radius 2 is 1.95 bits per heavy atom. The highest BCUT2D eigenvalue weighted by Crippen LogP contribution is 2.27. The van der Waals surface area contributed by atoms with Crippen LogP contribution in [0, 0.1) is 0 Å². The van der Waals surface area contributed by atoms with Crippen molar-refractivity contribution in [1.29, 1.82) is 0 Å². The van der Waals surface area contributed by atoms with Gasteiger partial charge in [-0.1, -0.05) is 18.2 Å². The van der Waals surface area contributed by atoms with E-state index >= 15 is 0 Å². The van der Waals surface area contributed by atoms with Gasteiger partial charge in [-0.15, -0.1) is 0 Å². The molecule has 4 nitrogen and oxygen atoms in total. The van der Waals surface area contributed by atoms with Crippen molar-refractivity contribution in [3.63, 3.8) is 0 Å². The van der Waals surface area contributed by atoms with Crippen molar-refractivity contribution in [1.82, 2.24) is 19.9 Å². The predicted molar refractivity (Wildman–Crippen MR) is 82.3 cm³/mol. The second-order valence-corrected chi connectivity index (χ2v) is 5.40. The van der Waals surface area contributed by atoms with E-state index in [1.165, 1.54) is 0 Å². The van der Waals surface area contributed by atoms with Crippen LogP contribution in [0.4, 0.5) is 0 Å². The van der Waals surface area contributed by atoms with E-state index in [-0.39, 0.29) is 0 Å². The number of nitrogens with one attached hydrogen (secondary N) is 1. The first-order chi connectivity index (χ1) is 9.81. The maximum atomic E-state index is 4.56. The van der Waals surface area contributed by atoms with Crippen molar-refractivity contribution in [2.45, 2.75) is 0 Å². The van der Waals surface area contributed by atoms with Gasteiger partial charge in [-0.25, -0.2) is 9.97 Å². The van der Waals surface area contributed by atoms with Crippen molar-refractivity contribution in [2.75, 3.05) is 0 Å². The molecule has 3 aromatic heterocycles. The lowest BCUT2D eigenvalue weighted by Crippen LogP contribution is -1.85. The number of para-hydroxylation sites is 1. The minimum atomic E-state index is 0.712. The zero-order chi connectivity index (χ0) is 13.5. The molecule has 0 aliphatic carbocycles. The van der Waals surface area contributed by atoms with Gasteiger partial charge in [-0.2, -0.15) is 0 Å². The number of hydrogen-bond donors (Lipinski definition) is 1. The van der Waals surface area contributed by atoms with E-state index in [4.69, 9.17) is 0 Å². The van der Waals surface area contributed by atoms with Crippen LogP contribution in [-0.2, 0) is 0 Å². The number of halogens is 1. The third-order valence-corrected chi connectivity index (χ3v) is 3.64. The second-order valence-electron chi connectivity index (χ2n) is 4.49. The van der Waals surface area contributed by atoms with Gasteiger partial charge < -0.3 is 4.98 Å². The first-order valence-corrected chi connectivity index (χ1v) is 6.96. The normalized spacial score (nSPS) is 11.2. The minimum absolute atomic E-state index is 0.712. The number of H-pyrrole nitrogens is 1. The van der Waals surface area contributed by atoms with Crippen molar-refractivity contribution < 1.29 is 0 Å². The Kier molecular flexibility index (Phi) is 2.53. The van der Waals surface area contributed by atoms with E-state index in [2.05, 4.69) is 35.9 Å². The summed E-state index contributed by atoms with van der Waals surface area (Å²) in [5, 5.41) is 1.08. The minimum Gasteiger partial charge on any atom is -0.337 e. The third-order valence-electron chi connectivity index (χ3n) is 3.21. The number of fused-ring (bicyclic) bond motifs is 2. The van der Waals surface area contributed by atoms with Gasteiger partial charge in [0.2, 0.25) is 0 Å². The predicted octanol–water partition coefficient (Wildman–Crippen LogP) is 3.94. The summed E-state index contributed by atoms with van der Waals surface area (Å²) in [6, 6.07) is 12.0. The standard InChI is InChI=1S/C15H9BrN4/c16-9-7-13-15(18-8-9)20-14(19-13)11-5-6-17-12-4-2-1-3-10(11)12/h1-8H,(H,18,19,20). The highest BCUT2D eigenvalue weighted by molar-refractivity contribution is 9.10. The largest absolute Gasteiger partial charge is 0.337 e. The molecular formula is C15H9BrN4. The van der Waals surface area contributed by atoms with Crippen molar-refractivity contribution in [2.24, 2.45) is 0 Å². The fraction of sp³-hybridized carbons (Fsp3) is 0. The van der Waals surface area contributed by atoms with E-state index < -0.39 is 0 Å². The van der Waals surface area contributed by atoms with Crippen LogP contribution in [0.15, 0.2) is 53.3 Å². The zero-order valence-electron chi connectivity index (χ0n) is 10.3. The van der Waals surface area contributed by atoms with Crippen LogP contribution < -0.4 is 0 Å². The second kappa shape index (κ2) is 4.38. The first kappa shape index (κ1) is 11.5. The molecule has 0 atom stereocenters. The van der Waals surface area contributed by atoms with Gasteiger partial charge in [0.1, 0.15) is 5.82 Å². The van der Waals surface area contributed by atoms with Gasteiger partial charge in [0.15, 0.2) is 5.65 Å². The lowest BCUT2D eigenvalue weighted by Gasteiger charge is -2.02. The van der Waals surface area contributed by atoms with E-state index in [1.54, 1.807) is 12.4 Å². The number of aromatic amines is 1. The van der Waals surface area contributed by atoms with Crippen LogP contribution in [0.5, 0.6) is 0 Å². The zero-order valence-corrected chi connectivity index (χ0v) is 11.9. The Morgan fingerprint density at radius 1 is 1.05 bits per heavy atom. The molecule has 0 spiro atoms. The summed E-state index contributed by atoms with van der Waals surface area (Å²) in [4.78, 5) is 16.5. The highest BCUT2D eigenvalue weighted by atomic mass is 79.9. The van der Waals surface area contributed by atoms with Crippen LogP contribution in [0.1, 0.15) is 0 Å². The van der Waals surface area contributed by atoms with Gasteiger partial charge in [-0.05, 0) is 34.1 Å². The molecule has 3 heterocycles. The number of rotatable bonds is 1. The maximum Gasteiger partial charge on any atom is 0.178 e. The smallest absolute Gasteiger partial charge is 0.178 e. The van der Waals surface area contributed by atoms with Crippen LogP contribution >= 0.6 is 15.9 Å². The molecule has 4 aromatic rings. The number of pyridine rings is 2. The molecule has 0 aliphatic rings. The fourth-order valence-corrected chi connectivity index (χ4v) is 2.64. The Morgan fingerprint density at radius 3 is 2.90 bits per heavy atom. The average Bonchev–Trinajstić information content (AvgIpc) is 2.89. The van der Waals surface area contributed by atoms with Gasteiger partial charge in [-0.3, -0.25) is 4.98 Å². The molecule has 1 N–H and O–H groups in total. The lowest BCUT2D eigenvalue weighted by molar-refractivity contribution is 1.29. The van der Waals surface area contributed by atoms with Gasteiger partial charge >= 0.3 is 0 Å². The van der Waals surface area contributed by atoms with Crippen LogP contribution in [-0.4, -0.2) is 19.9 Å². The summed E-state index contributed by atoms with van der Waals surface area (Å²) >= 11 is 3.42. The molecule has 1 aromatic carbocycles. The third kappa shape index (κ3) is 1.78. The Balaban J connectivity index is 2.01. The SMILES string of the molecule is Brc1cnc2nc(-c3ccnc4ccccc34)[nH]c2c1. The van der Waals surface area contributed by atoms with E-state index in [9.17, 15) is 0 Å². The molecule has 0 fully saturated rings. The van der Waals surface area contributed by atoms with E-state index in [0.717, 1.165) is 32.3 Å². The molecule has 4 rings (SSSR count). The molecule has 0 saturated heterocycles. The quantitative estimate of drug-likeness (QED) is 0.577. The average molecular weight is 325 g/mol. The topological polar surface area (TPSA) is 54.5 Å². The highest BCUT2D eigenvalue weighted by Gasteiger charge is 2.09. The van der Waals surface area contributed by atoms with Gasteiger partial charge in [0.05, 0.1) is 11.0 Å². The lowest BCUT2D eigenvalue weighted by atomic mass is 10.1. The molecule has 96 valence electrons. The van der Waals surface area contributed by atoms with E-state index in [0.29, 0.717) is 5.65 Å². The Hall–Kier alpha value is -2.27. The molecular weight excluding hydrogens is 316 g/mol. The number of nitrogens with zero attached hydrogens (tertiary/aromatic N) is 3. The van der Waals surface area contributed by atoms with Crippen LogP contribution in [0.25, 0.3) is 33.5 Å². The summed E-state index contributed by atoms with van der Waals surface area (Å²) in [6.07, 6.45) is 3.55. The summed E-state index contributed by atoms with van der Waals surface area (Å²) in [6.45, 7) is 0. The van der Waals surface area contributed by atoms with Gasteiger partial charge in [0, 0.05) is 27.8 Å². The molecule has 0 saturated carbocycles. The summed E-state index contributed by atoms with van der Waals surface area (Å²) in [5.41, 5.74) is 3.61. The monoisotopic (exact) mass is 324 g/mol. The van der Waals surface area contributed by atoms with E-state index in [1.807, 2.05) is 36.4 Å². The fourth-order valence-electron chi connectivity index (χ4n) is 2.30. The summed E-state index contributed by atoms with van der Waals surface area (Å²) in [7, 11) is 0. The molecule has 0 amide bonds. The summed E-state index contributed by atoms with van der Waals surface area (Å²) < 4.78 is 0.930. The summed E-state index contributed by atoms with van der Waals surface area (Å²) in [5.74, 6) is 0.809. The van der Waals surface area contributed by atoms with Crippen molar-refractivity contribution in [3.8, 4) is 11.4 Å². The van der Waals surface area contributed by atoms with Crippen LogP contribution in [0.2, 0.25) is 0 Å². The number of hydrogen-bond acceptors (Lipinski definition) is 3. The number of imidazole rings is 1. The molecule has 5 heteroatoms. The Labute approximate surface area is 123 Å². The molecule has 0 unspecified atom stereocenters. The first-order valence-electron chi connectivity index (χ1n) is 6.17. The maximum absolute atomic E-state index is 4.56. The molecule has 0 bridgehead atoms. The Bertz CT molecular complexity index is 924. The number of aromatic nitrogens is 4.